The van der Waals surface area contributed by atoms with Crippen LogP contribution in [0.2, 0.25) is 0 Å². The van der Waals surface area contributed by atoms with E-state index in [0.29, 0.717) is 11.3 Å². The molecule has 6 rings (SSSR count). The summed E-state index contributed by atoms with van der Waals surface area (Å²) < 4.78 is 31.9. The number of nitrogens with zero attached hydrogens (tertiary/aromatic N) is 4. The Morgan fingerprint density at radius 3 is 2.46 bits per heavy atom. The first-order chi connectivity index (χ1) is 19.6. The van der Waals surface area contributed by atoms with Crippen LogP contribution in [-0.4, -0.2) is 45.9 Å². The number of carbonyl (C=O) groups excluding carboxylic acids is 2. The van der Waals surface area contributed by atoms with Gasteiger partial charge >= 0.3 is 12.1 Å². The van der Waals surface area contributed by atoms with Crippen LogP contribution in [0.4, 0.5) is 29.9 Å². The molecule has 4 heterocycles. The molecule has 1 aromatic carbocycles. The molecule has 3 amide bonds. The second-order valence-electron chi connectivity index (χ2n) is 10.7. The number of hydrogen-bond donors (Lipinski definition) is 2. The van der Waals surface area contributed by atoms with E-state index in [9.17, 15) is 28.8 Å². The number of quaternary nitrogens is 2. The Kier molecular flexibility index (Phi) is 6.78. The summed E-state index contributed by atoms with van der Waals surface area (Å²) in [6.07, 6.45) is 1.44. The molecule has 1 aliphatic carbocycles. The number of hydrogen-bond acceptors (Lipinski definition) is 8. The minimum absolute atomic E-state index is 0.00908. The van der Waals surface area contributed by atoms with E-state index in [0.717, 1.165) is 6.07 Å². The molecule has 0 bridgehead atoms. The number of likely N-dealkylation sites (tertiary alicyclic amines) is 1. The van der Waals surface area contributed by atoms with Gasteiger partial charge in [-0.1, -0.05) is 18.2 Å². The summed E-state index contributed by atoms with van der Waals surface area (Å²) in [7, 11) is 0. The van der Waals surface area contributed by atoms with Gasteiger partial charge in [-0.05, 0) is 42.2 Å². The van der Waals surface area contributed by atoms with Crippen LogP contribution in [0.1, 0.15) is 60.6 Å². The van der Waals surface area contributed by atoms with E-state index in [-0.39, 0.29) is 55.8 Å². The number of rotatable bonds is 3. The van der Waals surface area contributed by atoms with Gasteiger partial charge in [-0.3, -0.25) is 14.9 Å². The number of fused-ring (bicyclic) bond motifs is 2. The fourth-order valence-electron chi connectivity index (χ4n) is 6.27. The lowest BCUT2D eigenvalue weighted by Crippen LogP contribution is -2.62. The SMILES string of the molecule is N[C@@H]1c2cccnc2[C@H](OC(=O)[N+]2([O-])CCC([N+]3([O-])C(=O)Nc4ncccc43)CC2)CC[C@H]1c1cccc(F)c1F. The molecule has 1 saturated heterocycles. The molecule has 0 radical (unpaired) electrons. The van der Waals surface area contributed by atoms with Crippen LogP contribution in [0, 0.1) is 22.0 Å². The molecule has 13 heteroatoms. The Labute approximate surface area is 233 Å². The number of amides is 3. The number of pyridine rings is 2. The largest absolute Gasteiger partial charge is 0.622 e. The molecule has 0 saturated carbocycles. The highest BCUT2D eigenvalue weighted by Crippen LogP contribution is 2.44. The van der Waals surface area contributed by atoms with Crippen LogP contribution in [-0.2, 0) is 4.74 Å². The summed E-state index contributed by atoms with van der Waals surface area (Å²) in [6.45, 7) is -0.514. The number of halogens is 2. The molecule has 3 aliphatic rings. The summed E-state index contributed by atoms with van der Waals surface area (Å²) in [5, 5.41) is 29.8. The van der Waals surface area contributed by atoms with Crippen molar-refractivity contribution >= 4 is 23.6 Å². The zero-order valence-corrected chi connectivity index (χ0v) is 21.9. The Morgan fingerprint density at radius 1 is 0.976 bits per heavy atom. The summed E-state index contributed by atoms with van der Waals surface area (Å²) in [5.41, 5.74) is 7.70. The highest BCUT2D eigenvalue weighted by Gasteiger charge is 2.51. The lowest BCUT2D eigenvalue weighted by molar-refractivity contribution is -0.814. The van der Waals surface area contributed by atoms with E-state index < -0.39 is 57.2 Å². The normalized spacial score (nSPS) is 31.0. The summed E-state index contributed by atoms with van der Waals surface area (Å²) in [4.78, 5) is 34.4. The third-order valence-corrected chi connectivity index (χ3v) is 8.50. The Hall–Kier alpha value is -3.88. The van der Waals surface area contributed by atoms with Gasteiger partial charge in [0.2, 0.25) is 5.82 Å². The summed E-state index contributed by atoms with van der Waals surface area (Å²) >= 11 is 0. The molecular formula is C28H28F2N6O5. The molecule has 3 aromatic rings. The second kappa shape index (κ2) is 10.2. The highest BCUT2D eigenvalue weighted by atomic mass is 19.2. The van der Waals surface area contributed by atoms with Crippen molar-refractivity contribution in [2.75, 3.05) is 18.4 Å². The molecule has 1 fully saturated rings. The third kappa shape index (κ3) is 4.46. The number of nitrogens with two attached hydrogens (primary N) is 1. The number of ether oxygens (including phenoxy) is 1. The molecule has 4 atom stereocenters. The monoisotopic (exact) mass is 566 g/mol. The first-order valence-corrected chi connectivity index (χ1v) is 13.4. The van der Waals surface area contributed by atoms with Gasteiger partial charge in [-0.15, -0.1) is 0 Å². The Bertz CT molecular complexity index is 1520. The van der Waals surface area contributed by atoms with Crippen LogP contribution in [0.3, 0.4) is 0 Å². The number of carbonyl (C=O) groups is 2. The summed E-state index contributed by atoms with van der Waals surface area (Å²) in [6, 6.07) is 8.06. The lowest BCUT2D eigenvalue weighted by atomic mass is 9.86. The fraction of sp³-hybridized carbons (Fsp3) is 0.357. The van der Waals surface area contributed by atoms with Gasteiger partial charge in [0.05, 0.1) is 31.6 Å². The number of hydroxylamine groups is 5. The van der Waals surface area contributed by atoms with Gasteiger partial charge in [0, 0.05) is 30.4 Å². The van der Waals surface area contributed by atoms with Crippen LogP contribution in [0.25, 0.3) is 0 Å². The second-order valence-corrected chi connectivity index (χ2v) is 10.7. The minimum atomic E-state index is -1.33. The number of urea groups is 1. The predicted molar refractivity (Wildman–Crippen MR) is 144 cm³/mol. The number of anilines is 1. The number of nitrogens with one attached hydrogen (secondary N) is 1. The maximum atomic E-state index is 14.7. The third-order valence-electron chi connectivity index (χ3n) is 8.50. The minimum Gasteiger partial charge on any atom is -0.622 e. The van der Waals surface area contributed by atoms with Crippen molar-refractivity contribution in [3.63, 3.8) is 0 Å². The van der Waals surface area contributed by atoms with Crippen molar-refractivity contribution < 1.29 is 27.8 Å². The van der Waals surface area contributed by atoms with Crippen molar-refractivity contribution in [1.82, 2.24) is 14.6 Å². The van der Waals surface area contributed by atoms with Crippen molar-refractivity contribution in [2.24, 2.45) is 5.73 Å². The van der Waals surface area contributed by atoms with Crippen LogP contribution >= 0.6 is 0 Å². The molecule has 41 heavy (non-hydrogen) atoms. The summed E-state index contributed by atoms with van der Waals surface area (Å²) in [5.74, 6) is -2.40. The lowest BCUT2D eigenvalue weighted by Gasteiger charge is -2.48. The molecule has 2 aromatic heterocycles. The van der Waals surface area contributed by atoms with Crippen molar-refractivity contribution in [2.45, 2.75) is 49.8 Å². The van der Waals surface area contributed by atoms with Gasteiger partial charge in [0.1, 0.15) is 12.1 Å². The van der Waals surface area contributed by atoms with Gasteiger partial charge in [-0.2, -0.15) is 4.79 Å². The highest BCUT2D eigenvalue weighted by molar-refractivity contribution is 6.07. The van der Waals surface area contributed by atoms with E-state index in [1.165, 1.54) is 30.6 Å². The van der Waals surface area contributed by atoms with Gasteiger partial charge in [0.25, 0.3) is 0 Å². The maximum Gasteiger partial charge on any atom is 0.516 e. The van der Waals surface area contributed by atoms with Crippen molar-refractivity contribution in [1.29, 1.82) is 0 Å². The van der Waals surface area contributed by atoms with E-state index in [4.69, 9.17) is 10.5 Å². The topological polar surface area (TPSA) is 153 Å². The van der Waals surface area contributed by atoms with Gasteiger partial charge < -0.3 is 20.9 Å². The first-order valence-electron chi connectivity index (χ1n) is 13.4. The first kappa shape index (κ1) is 27.3. The van der Waals surface area contributed by atoms with Crippen molar-refractivity contribution in [3.8, 4) is 0 Å². The van der Waals surface area contributed by atoms with Gasteiger partial charge in [-0.25, -0.2) is 23.2 Å². The molecule has 3 N–H and O–H groups in total. The van der Waals surface area contributed by atoms with Crippen molar-refractivity contribution in [3.05, 3.63) is 93.7 Å². The number of piperidine rings is 1. The van der Waals surface area contributed by atoms with E-state index in [2.05, 4.69) is 15.3 Å². The van der Waals surface area contributed by atoms with Gasteiger partial charge in [0.15, 0.2) is 17.3 Å². The molecule has 214 valence electrons. The molecule has 11 nitrogen and oxygen atoms in total. The van der Waals surface area contributed by atoms with E-state index in [1.807, 2.05) is 0 Å². The Balaban J connectivity index is 1.20. The van der Waals surface area contributed by atoms with Crippen LogP contribution in [0.15, 0.2) is 54.9 Å². The fourth-order valence-corrected chi connectivity index (χ4v) is 6.27. The standard InChI is InChI=1S/C28H28F2N6O5/c29-20-6-1-4-17(23(20)30)18-8-9-22(25-19(24(18)31)5-2-12-32-25)41-28(38)35(39)14-10-16(11-15-35)36(40)21-7-3-13-33-26(21)34-27(36)37/h1-7,12-13,16,18,22,24H,8-11,14-15,31H2,(H,33,34,37)/t16?,18-,22+,24-,35?,36?/m0/s1. The Morgan fingerprint density at radius 2 is 1.68 bits per heavy atom. The zero-order chi connectivity index (χ0) is 28.9. The van der Waals surface area contributed by atoms with Crippen LogP contribution < -0.4 is 15.7 Å². The quantitative estimate of drug-likeness (QED) is 0.254. The average molecular weight is 567 g/mol. The van der Waals surface area contributed by atoms with E-state index in [1.54, 1.807) is 18.2 Å². The van der Waals surface area contributed by atoms with Crippen LogP contribution in [0.5, 0.6) is 0 Å². The molecular weight excluding hydrogens is 538 g/mol. The van der Waals surface area contributed by atoms with E-state index >= 15 is 0 Å². The zero-order valence-electron chi connectivity index (χ0n) is 21.9. The number of benzene rings is 1. The number of aromatic nitrogens is 2. The molecule has 1 unspecified atom stereocenters. The predicted octanol–water partition coefficient (Wildman–Crippen LogP) is 5.04. The molecule has 2 aliphatic heterocycles. The molecule has 0 spiro atoms. The smallest absolute Gasteiger partial charge is 0.516 e. The maximum absolute atomic E-state index is 14.7. The average Bonchev–Trinajstić information content (AvgIpc) is 3.16.